The van der Waals surface area contributed by atoms with Crippen molar-refractivity contribution >= 4 is 0 Å². The van der Waals surface area contributed by atoms with Gasteiger partial charge in [-0.15, -0.1) is 0 Å². The molecule has 1 aromatic rings. The van der Waals surface area contributed by atoms with Crippen LogP contribution in [0.1, 0.15) is 5.56 Å². The van der Waals surface area contributed by atoms with Gasteiger partial charge < -0.3 is 10.2 Å². The Morgan fingerprint density at radius 3 is 2.75 bits per heavy atom. The van der Waals surface area contributed by atoms with Gasteiger partial charge in [0, 0.05) is 0 Å². The predicted octanol–water partition coefficient (Wildman–Crippen LogP) is 1.48. The van der Waals surface area contributed by atoms with Gasteiger partial charge in [0.05, 0.1) is 6.61 Å². The van der Waals surface area contributed by atoms with E-state index in [-0.39, 0.29) is 12.4 Å². The average Bonchev–Trinajstić information content (AvgIpc) is 2.04. The van der Waals surface area contributed by atoms with Crippen molar-refractivity contribution in [3.8, 4) is 5.75 Å². The molecule has 0 saturated carbocycles. The Balaban J connectivity index is 2.69. The maximum absolute atomic E-state index is 9.11. The summed E-state index contributed by atoms with van der Waals surface area (Å²) < 4.78 is 0. The van der Waals surface area contributed by atoms with Gasteiger partial charge in [-0.1, -0.05) is 18.7 Å². The number of aliphatic hydroxyl groups is 1. The highest BCUT2D eigenvalue weighted by Crippen LogP contribution is 2.13. The van der Waals surface area contributed by atoms with Gasteiger partial charge in [0.1, 0.15) is 5.75 Å². The van der Waals surface area contributed by atoms with Crippen molar-refractivity contribution in [3.05, 3.63) is 42.0 Å². The Hall–Kier alpha value is -1.28. The van der Waals surface area contributed by atoms with Gasteiger partial charge in [-0.05, 0) is 29.7 Å². The lowest BCUT2D eigenvalue weighted by atomic mass is 10.1. The standard InChI is InChI=1S/C10H12O2/c1-8(7-11)5-9-3-2-4-10(12)6-9/h2-4,6,11-12H,1,5,7H2. The van der Waals surface area contributed by atoms with Crippen LogP contribution in [0.2, 0.25) is 0 Å². The Morgan fingerprint density at radius 1 is 1.42 bits per heavy atom. The minimum absolute atomic E-state index is 0.00431. The molecule has 2 heteroatoms. The molecule has 1 rings (SSSR count). The van der Waals surface area contributed by atoms with Crippen LogP contribution in [0.25, 0.3) is 0 Å². The molecule has 0 bridgehead atoms. The van der Waals surface area contributed by atoms with E-state index < -0.39 is 0 Å². The van der Waals surface area contributed by atoms with Crippen molar-refractivity contribution in [3.63, 3.8) is 0 Å². The molecule has 0 aromatic heterocycles. The number of hydrogen-bond donors (Lipinski definition) is 2. The molecule has 64 valence electrons. The first kappa shape index (κ1) is 8.81. The van der Waals surface area contributed by atoms with E-state index in [0.717, 1.165) is 11.1 Å². The summed E-state index contributed by atoms with van der Waals surface area (Å²) in [6.45, 7) is 3.66. The molecule has 2 nitrogen and oxygen atoms in total. The first-order valence-corrected chi connectivity index (χ1v) is 3.78. The topological polar surface area (TPSA) is 40.5 Å². The number of aromatic hydroxyl groups is 1. The molecule has 0 aliphatic heterocycles. The molecule has 0 saturated heterocycles. The largest absolute Gasteiger partial charge is 0.508 e. The lowest BCUT2D eigenvalue weighted by molar-refractivity contribution is 0.329. The number of phenolic OH excluding ortho intramolecular Hbond substituents is 1. The van der Waals surface area contributed by atoms with Crippen LogP contribution in [-0.2, 0) is 6.42 Å². The zero-order valence-electron chi connectivity index (χ0n) is 6.83. The minimum Gasteiger partial charge on any atom is -0.508 e. The van der Waals surface area contributed by atoms with Gasteiger partial charge in [-0.2, -0.15) is 0 Å². The highest BCUT2D eigenvalue weighted by Gasteiger charge is 1.96. The Bertz CT molecular complexity index is 279. The molecule has 0 unspecified atom stereocenters. The first-order chi connectivity index (χ1) is 5.72. The van der Waals surface area contributed by atoms with Gasteiger partial charge >= 0.3 is 0 Å². The normalized spacial score (nSPS) is 9.75. The summed E-state index contributed by atoms with van der Waals surface area (Å²) in [5.74, 6) is 0.248. The fraction of sp³-hybridized carbons (Fsp3) is 0.200. The van der Waals surface area contributed by atoms with Crippen molar-refractivity contribution < 1.29 is 10.2 Å². The van der Waals surface area contributed by atoms with E-state index in [9.17, 15) is 0 Å². The third kappa shape index (κ3) is 2.40. The van der Waals surface area contributed by atoms with Gasteiger partial charge in [0.2, 0.25) is 0 Å². The van der Waals surface area contributed by atoms with Crippen LogP contribution in [0, 0.1) is 0 Å². The third-order valence-corrected chi connectivity index (χ3v) is 1.59. The summed E-state index contributed by atoms with van der Waals surface area (Å²) in [4.78, 5) is 0. The second kappa shape index (κ2) is 3.93. The quantitative estimate of drug-likeness (QED) is 0.664. The molecule has 0 spiro atoms. The molecule has 0 atom stereocenters. The van der Waals surface area contributed by atoms with Crippen LogP contribution in [0.15, 0.2) is 36.4 Å². The molecule has 0 heterocycles. The van der Waals surface area contributed by atoms with E-state index in [4.69, 9.17) is 10.2 Å². The number of phenols is 1. The summed E-state index contributed by atoms with van der Waals surface area (Å²) in [6, 6.07) is 6.95. The van der Waals surface area contributed by atoms with E-state index in [1.165, 1.54) is 0 Å². The third-order valence-electron chi connectivity index (χ3n) is 1.59. The van der Waals surface area contributed by atoms with Crippen LogP contribution in [-0.4, -0.2) is 16.8 Å². The zero-order valence-corrected chi connectivity index (χ0v) is 6.83. The summed E-state index contributed by atoms with van der Waals surface area (Å²) in [5, 5.41) is 17.8. The second-order valence-electron chi connectivity index (χ2n) is 2.75. The van der Waals surface area contributed by atoms with Crippen molar-refractivity contribution in [1.29, 1.82) is 0 Å². The maximum Gasteiger partial charge on any atom is 0.115 e. The van der Waals surface area contributed by atoms with Gasteiger partial charge in [-0.25, -0.2) is 0 Å². The predicted molar refractivity (Wildman–Crippen MR) is 48.0 cm³/mol. The van der Waals surface area contributed by atoms with Crippen LogP contribution in [0.5, 0.6) is 5.75 Å². The molecular formula is C10H12O2. The second-order valence-corrected chi connectivity index (χ2v) is 2.75. The van der Waals surface area contributed by atoms with Crippen molar-refractivity contribution in [2.45, 2.75) is 6.42 Å². The summed E-state index contributed by atoms with van der Waals surface area (Å²) >= 11 is 0. The number of benzene rings is 1. The van der Waals surface area contributed by atoms with Crippen LogP contribution in [0.4, 0.5) is 0 Å². The highest BCUT2D eigenvalue weighted by atomic mass is 16.3. The minimum atomic E-state index is -0.00431. The van der Waals surface area contributed by atoms with Crippen molar-refractivity contribution in [2.75, 3.05) is 6.61 Å². The average molecular weight is 164 g/mol. The summed E-state index contributed by atoms with van der Waals surface area (Å²) in [7, 11) is 0. The summed E-state index contributed by atoms with van der Waals surface area (Å²) in [5.41, 5.74) is 1.72. The fourth-order valence-electron chi connectivity index (χ4n) is 1.01. The van der Waals surface area contributed by atoms with Gasteiger partial charge in [0.15, 0.2) is 0 Å². The molecule has 0 amide bonds. The van der Waals surface area contributed by atoms with Crippen LogP contribution in [0.3, 0.4) is 0 Å². The fourth-order valence-corrected chi connectivity index (χ4v) is 1.01. The Kier molecular flexibility index (Phi) is 2.88. The monoisotopic (exact) mass is 164 g/mol. The lowest BCUT2D eigenvalue weighted by Gasteiger charge is -2.02. The van der Waals surface area contributed by atoms with E-state index in [1.54, 1.807) is 18.2 Å². The molecule has 12 heavy (non-hydrogen) atoms. The van der Waals surface area contributed by atoms with E-state index in [0.29, 0.717) is 6.42 Å². The molecule has 2 N–H and O–H groups in total. The van der Waals surface area contributed by atoms with Gasteiger partial charge in [0.25, 0.3) is 0 Å². The molecule has 1 aromatic carbocycles. The number of hydrogen-bond acceptors (Lipinski definition) is 2. The maximum atomic E-state index is 9.11. The SMILES string of the molecule is C=C(CO)Cc1cccc(O)c1. The number of rotatable bonds is 3. The van der Waals surface area contributed by atoms with Gasteiger partial charge in [-0.3, -0.25) is 0 Å². The van der Waals surface area contributed by atoms with Crippen molar-refractivity contribution in [2.24, 2.45) is 0 Å². The van der Waals surface area contributed by atoms with E-state index in [1.807, 2.05) is 6.07 Å². The molecule has 0 aliphatic rings. The van der Waals surface area contributed by atoms with E-state index in [2.05, 4.69) is 6.58 Å². The van der Waals surface area contributed by atoms with Crippen LogP contribution < -0.4 is 0 Å². The molecule has 0 fully saturated rings. The highest BCUT2D eigenvalue weighted by molar-refractivity contribution is 5.29. The first-order valence-electron chi connectivity index (χ1n) is 3.78. The lowest BCUT2D eigenvalue weighted by Crippen LogP contribution is -1.93. The zero-order chi connectivity index (χ0) is 8.97. The molecule has 0 aliphatic carbocycles. The van der Waals surface area contributed by atoms with Crippen molar-refractivity contribution in [1.82, 2.24) is 0 Å². The Morgan fingerprint density at radius 2 is 2.17 bits per heavy atom. The Labute approximate surface area is 71.8 Å². The van der Waals surface area contributed by atoms with Crippen LogP contribution >= 0.6 is 0 Å². The smallest absolute Gasteiger partial charge is 0.115 e. The molecule has 0 radical (unpaired) electrons. The molecular weight excluding hydrogens is 152 g/mol. The van der Waals surface area contributed by atoms with E-state index >= 15 is 0 Å². The summed E-state index contributed by atoms with van der Waals surface area (Å²) in [6.07, 6.45) is 0.616. The number of aliphatic hydroxyl groups excluding tert-OH is 1.